The van der Waals surface area contributed by atoms with Gasteiger partial charge in [-0.25, -0.2) is 0 Å². The molecule has 1 aromatic heterocycles. The van der Waals surface area contributed by atoms with Gasteiger partial charge in [-0.3, -0.25) is 0 Å². The molecule has 0 saturated carbocycles. The number of nitrogens with zero attached hydrogens (tertiary/aromatic N) is 2. The average Bonchev–Trinajstić information content (AvgIpc) is 2.79. The lowest BCUT2D eigenvalue weighted by atomic mass is 10.3. The van der Waals surface area contributed by atoms with Crippen LogP contribution in [0.4, 0.5) is 0 Å². The van der Waals surface area contributed by atoms with E-state index >= 15 is 0 Å². The van der Waals surface area contributed by atoms with Crippen LogP contribution in [0.2, 0.25) is 0 Å². The summed E-state index contributed by atoms with van der Waals surface area (Å²) >= 11 is 6.42. The monoisotopic (exact) mass is 322 g/mol. The van der Waals surface area contributed by atoms with Gasteiger partial charge in [0.25, 0.3) is 0 Å². The maximum absolute atomic E-state index is 4.24. The normalized spacial score (nSPS) is 10.9. The van der Waals surface area contributed by atoms with Crippen molar-refractivity contribution in [2.45, 2.75) is 9.79 Å². The van der Waals surface area contributed by atoms with E-state index in [-0.39, 0.29) is 0 Å². The van der Waals surface area contributed by atoms with Crippen LogP contribution in [0, 0.1) is 0 Å². The predicted molar refractivity (Wildman–Crippen MR) is 75.7 cm³/mol. The first-order valence-corrected chi connectivity index (χ1v) is 7.31. The summed E-state index contributed by atoms with van der Waals surface area (Å²) in [4.78, 5) is 2.41. The Morgan fingerprint density at radius 3 is 2.41 bits per heavy atom. The zero-order valence-corrected chi connectivity index (χ0v) is 11.8. The fourth-order valence-corrected chi connectivity index (χ4v) is 3.10. The van der Waals surface area contributed by atoms with Crippen LogP contribution < -0.4 is 0 Å². The van der Waals surface area contributed by atoms with Crippen LogP contribution in [-0.4, -0.2) is 8.75 Å². The number of halogens is 1. The second kappa shape index (κ2) is 4.76. The maximum Gasteiger partial charge on any atom is 0.105 e. The number of hydrogen-bond acceptors (Lipinski definition) is 4. The molecule has 17 heavy (non-hydrogen) atoms. The van der Waals surface area contributed by atoms with Gasteiger partial charge >= 0.3 is 0 Å². The van der Waals surface area contributed by atoms with Gasteiger partial charge < -0.3 is 0 Å². The molecule has 0 bridgehead atoms. The SMILES string of the molecule is Brc1ccc(Sc2ccc3nsnc3c2)cc1. The minimum atomic E-state index is 0.968. The Hall–Kier alpha value is -0.910. The number of hydrogen-bond donors (Lipinski definition) is 0. The van der Waals surface area contributed by atoms with E-state index in [0.717, 1.165) is 15.5 Å². The third kappa shape index (κ3) is 2.51. The molecule has 0 amide bonds. The molecule has 0 radical (unpaired) electrons. The first-order chi connectivity index (χ1) is 8.31. The molecule has 5 heteroatoms. The smallest absolute Gasteiger partial charge is 0.105 e. The molecule has 0 aliphatic carbocycles. The largest absolute Gasteiger partial charge is 0.173 e. The van der Waals surface area contributed by atoms with Gasteiger partial charge in [-0.05, 0) is 42.5 Å². The minimum Gasteiger partial charge on any atom is -0.173 e. The summed E-state index contributed by atoms with van der Waals surface area (Å²) in [6, 6.07) is 14.5. The van der Waals surface area contributed by atoms with Crippen LogP contribution in [0.25, 0.3) is 11.0 Å². The third-order valence-electron chi connectivity index (χ3n) is 2.27. The van der Waals surface area contributed by atoms with Gasteiger partial charge in [-0.1, -0.05) is 27.7 Å². The van der Waals surface area contributed by atoms with Crippen molar-refractivity contribution in [1.29, 1.82) is 0 Å². The Labute approximate surface area is 116 Å². The van der Waals surface area contributed by atoms with Crippen molar-refractivity contribution in [1.82, 2.24) is 8.75 Å². The van der Waals surface area contributed by atoms with E-state index in [1.54, 1.807) is 11.8 Å². The minimum absolute atomic E-state index is 0.968. The number of benzene rings is 2. The van der Waals surface area contributed by atoms with Gasteiger partial charge in [0.1, 0.15) is 11.0 Å². The molecular formula is C12H7BrN2S2. The summed E-state index contributed by atoms with van der Waals surface area (Å²) < 4.78 is 9.54. The van der Waals surface area contributed by atoms with E-state index in [1.165, 1.54) is 21.5 Å². The van der Waals surface area contributed by atoms with Crippen LogP contribution in [0.3, 0.4) is 0 Å². The van der Waals surface area contributed by atoms with Crippen LogP contribution >= 0.6 is 39.4 Å². The van der Waals surface area contributed by atoms with Crippen molar-refractivity contribution in [3.05, 3.63) is 46.9 Å². The standard InChI is InChI=1S/C12H7BrN2S2/c13-8-1-3-9(4-2-8)16-10-5-6-11-12(7-10)15-17-14-11/h1-7H. The molecule has 2 aromatic carbocycles. The van der Waals surface area contributed by atoms with Gasteiger partial charge in [0.15, 0.2) is 0 Å². The van der Waals surface area contributed by atoms with Crippen molar-refractivity contribution < 1.29 is 0 Å². The van der Waals surface area contributed by atoms with Gasteiger partial charge in [0.05, 0.1) is 11.7 Å². The Bertz CT molecular complexity index is 649. The maximum atomic E-state index is 4.24. The van der Waals surface area contributed by atoms with Crippen molar-refractivity contribution in [3.8, 4) is 0 Å². The third-order valence-corrected chi connectivity index (χ3v) is 4.36. The quantitative estimate of drug-likeness (QED) is 0.689. The number of fused-ring (bicyclic) bond motifs is 1. The zero-order valence-electron chi connectivity index (χ0n) is 8.63. The van der Waals surface area contributed by atoms with Crippen LogP contribution in [0.5, 0.6) is 0 Å². The number of aromatic nitrogens is 2. The number of rotatable bonds is 2. The van der Waals surface area contributed by atoms with E-state index in [4.69, 9.17) is 0 Å². The molecule has 0 saturated heterocycles. The Morgan fingerprint density at radius 1 is 0.882 bits per heavy atom. The molecule has 84 valence electrons. The zero-order chi connectivity index (χ0) is 11.7. The van der Waals surface area contributed by atoms with Crippen molar-refractivity contribution in [2.75, 3.05) is 0 Å². The molecule has 3 aromatic rings. The van der Waals surface area contributed by atoms with Gasteiger partial charge in [0, 0.05) is 14.3 Å². The van der Waals surface area contributed by atoms with Crippen molar-refractivity contribution >= 4 is 50.5 Å². The van der Waals surface area contributed by atoms with Gasteiger partial charge in [-0.15, -0.1) is 0 Å². The van der Waals surface area contributed by atoms with Gasteiger partial charge in [0.2, 0.25) is 0 Å². The fraction of sp³-hybridized carbons (Fsp3) is 0. The highest BCUT2D eigenvalue weighted by Gasteiger charge is 2.02. The summed E-state index contributed by atoms with van der Waals surface area (Å²) in [6.45, 7) is 0. The molecule has 2 nitrogen and oxygen atoms in total. The first-order valence-electron chi connectivity index (χ1n) is 4.97. The molecule has 0 atom stereocenters. The summed E-state index contributed by atoms with van der Waals surface area (Å²) in [7, 11) is 0. The van der Waals surface area contributed by atoms with Crippen LogP contribution in [0.1, 0.15) is 0 Å². The van der Waals surface area contributed by atoms with E-state index < -0.39 is 0 Å². The second-order valence-corrected chi connectivity index (χ2v) is 6.06. The highest BCUT2D eigenvalue weighted by molar-refractivity contribution is 9.10. The lowest BCUT2D eigenvalue weighted by Crippen LogP contribution is -1.75. The predicted octanol–water partition coefficient (Wildman–Crippen LogP) is 4.61. The Morgan fingerprint density at radius 2 is 1.59 bits per heavy atom. The average molecular weight is 323 g/mol. The molecule has 1 heterocycles. The summed E-state index contributed by atoms with van der Waals surface area (Å²) in [5.74, 6) is 0. The van der Waals surface area contributed by atoms with Crippen molar-refractivity contribution in [3.63, 3.8) is 0 Å². The summed E-state index contributed by atoms with van der Waals surface area (Å²) in [6.07, 6.45) is 0. The molecule has 0 fully saturated rings. The molecule has 0 unspecified atom stereocenters. The highest BCUT2D eigenvalue weighted by atomic mass is 79.9. The summed E-state index contributed by atoms with van der Waals surface area (Å²) in [5, 5.41) is 0. The second-order valence-electron chi connectivity index (χ2n) is 3.47. The topological polar surface area (TPSA) is 25.8 Å². The van der Waals surface area contributed by atoms with Crippen LogP contribution in [0.15, 0.2) is 56.7 Å². The molecule has 0 aliphatic rings. The molecule has 0 spiro atoms. The fourth-order valence-electron chi connectivity index (χ4n) is 1.46. The molecule has 0 aliphatic heterocycles. The van der Waals surface area contributed by atoms with Crippen LogP contribution in [-0.2, 0) is 0 Å². The van der Waals surface area contributed by atoms with Gasteiger partial charge in [-0.2, -0.15) is 8.75 Å². The summed E-state index contributed by atoms with van der Waals surface area (Å²) in [5.41, 5.74) is 1.94. The van der Waals surface area contributed by atoms with E-state index in [9.17, 15) is 0 Å². The van der Waals surface area contributed by atoms with E-state index in [1.807, 2.05) is 18.2 Å². The molecule has 0 N–H and O–H groups in total. The molecule has 3 rings (SSSR count). The first kappa shape index (κ1) is 11.2. The Balaban J connectivity index is 1.91. The van der Waals surface area contributed by atoms with E-state index in [0.29, 0.717) is 0 Å². The van der Waals surface area contributed by atoms with E-state index in [2.05, 4.69) is 48.9 Å². The lowest BCUT2D eigenvalue weighted by Gasteiger charge is -2.01. The van der Waals surface area contributed by atoms with Crippen molar-refractivity contribution in [2.24, 2.45) is 0 Å². The Kier molecular flexibility index (Phi) is 3.13. The lowest BCUT2D eigenvalue weighted by molar-refractivity contribution is 1.40. The molecular weight excluding hydrogens is 316 g/mol. The highest BCUT2D eigenvalue weighted by Crippen LogP contribution is 2.30.